The largest absolute Gasteiger partial charge is 0.458 e. The number of fused-ring (bicyclic) bond motifs is 1. The van der Waals surface area contributed by atoms with Crippen molar-refractivity contribution in [1.29, 1.82) is 0 Å². The number of piperidine rings is 1. The molecule has 2 fully saturated rings. The molecule has 0 N–H and O–H groups in total. The number of aromatic nitrogens is 4. The van der Waals surface area contributed by atoms with Gasteiger partial charge in [0.2, 0.25) is 0 Å². The van der Waals surface area contributed by atoms with Gasteiger partial charge in [-0.1, -0.05) is 5.92 Å². The van der Waals surface area contributed by atoms with Crippen LogP contribution in [0.3, 0.4) is 0 Å². The number of nitrogens with zero attached hydrogens (tertiary/aromatic N) is 5. The fourth-order valence-corrected chi connectivity index (χ4v) is 5.01. The lowest BCUT2D eigenvalue weighted by atomic mass is 9.60. The van der Waals surface area contributed by atoms with Gasteiger partial charge in [0.05, 0.1) is 11.4 Å². The molecule has 0 amide bonds. The third-order valence-corrected chi connectivity index (χ3v) is 6.90. The summed E-state index contributed by atoms with van der Waals surface area (Å²) in [6.45, 7) is 3.86. The molecule has 0 unspecified atom stereocenters. The standard InChI is InChI=1S/C26H26BN5O/c1-3-5-6-21(4-2)33-22-9-7-19(8-10-22)24-23-17-28-18-29-25(23)32(30-24)20-15-26(16-20)11-13-31(27)14-12-26/h1,4-10,17-18,20H,11-16H2,2H3/b6-5-,21-4+. The highest BCUT2D eigenvalue weighted by atomic mass is 16.5. The van der Waals surface area contributed by atoms with Gasteiger partial charge in [-0.05, 0) is 93.6 Å². The normalized spacial score (nSPS) is 19.1. The molecule has 0 bridgehead atoms. The molecule has 1 saturated carbocycles. The molecular formula is C26H26BN5O. The SMILES string of the molecule is [B]N1CCC2(CC1)CC(n1nc(-c3ccc(OC(/C=C\C#C)=C/C)cc3)c3cncnc31)C2. The molecule has 6 nitrogen and oxygen atoms in total. The Hall–Kier alpha value is -3.37. The van der Waals surface area contributed by atoms with Crippen LogP contribution in [0.2, 0.25) is 0 Å². The first-order valence-corrected chi connectivity index (χ1v) is 11.4. The van der Waals surface area contributed by atoms with Crippen molar-refractivity contribution in [2.45, 2.75) is 38.6 Å². The first-order valence-electron chi connectivity index (χ1n) is 11.4. The summed E-state index contributed by atoms with van der Waals surface area (Å²) in [6.07, 6.45) is 18.6. The lowest BCUT2D eigenvalue weighted by Crippen LogP contribution is -2.47. The van der Waals surface area contributed by atoms with Crippen LogP contribution in [-0.4, -0.2) is 45.6 Å². The summed E-state index contributed by atoms with van der Waals surface area (Å²) < 4.78 is 8.01. The number of benzene rings is 1. The van der Waals surface area contributed by atoms with E-state index in [1.807, 2.05) is 48.3 Å². The maximum Gasteiger partial charge on any atom is 0.182 e. The highest BCUT2D eigenvalue weighted by Gasteiger charge is 2.47. The number of rotatable bonds is 5. The molecule has 1 saturated heterocycles. The van der Waals surface area contributed by atoms with Crippen molar-refractivity contribution in [3.05, 3.63) is 60.8 Å². The lowest BCUT2D eigenvalue weighted by Gasteiger charge is -2.52. The van der Waals surface area contributed by atoms with Crippen LogP contribution >= 0.6 is 0 Å². The molecule has 3 aromatic rings. The van der Waals surface area contributed by atoms with E-state index in [0.717, 1.165) is 66.8 Å². The molecule has 0 atom stereocenters. The monoisotopic (exact) mass is 435 g/mol. The van der Waals surface area contributed by atoms with Crippen molar-refractivity contribution in [1.82, 2.24) is 24.6 Å². The summed E-state index contributed by atoms with van der Waals surface area (Å²) in [7, 11) is 5.96. The minimum atomic E-state index is 0.364. The molecule has 5 rings (SSSR count). The molecule has 33 heavy (non-hydrogen) atoms. The summed E-state index contributed by atoms with van der Waals surface area (Å²) >= 11 is 0. The zero-order valence-electron chi connectivity index (χ0n) is 18.8. The zero-order valence-corrected chi connectivity index (χ0v) is 18.8. The van der Waals surface area contributed by atoms with E-state index >= 15 is 0 Å². The molecule has 2 aromatic heterocycles. The smallest absolute Gasteiger partial charge is 0.182 e. The number of ether oxygens (including phenoxy) is 1. The molecule has 1 aromatic carbocycles. The fraction of sp³-hybridized carbons (Fsp3) is 0.346. The van der Waals surface area contributed by atoms with Gasteiger partial charge in [0.25, 0.3) is 0 Å². The van der Waals surface area contributed by atoms with Crippen molar-refractivity contribution in [3.63, 3.8) is 0 Å². The van der Waals surface area contributed by atoms with Gasteiger partial charge in [0.1, 0.15) is 23.5 Å². The molecule has 7 heteroatoms. The van der Waals surface area contributed by atoms with Crippen LogP contribution in [0.1, 0.15) is 38.6 Å². The molecule has 1 aliphatic carbocycles. The van der Waals surface area contributed by atoms with Crippen LogP contribution < -0.4 is 4.74 Å². The van der Waals surface area contributed by atoms with E-state index in [0.29, 0.717) is 17.2 Å². The van der Waals surface area contributed by atoms with Gasteiger partial charge in [0.15, 0.2) is 13.6 Å². The predicted octanol–water partition coefficient (Wildman–Crippen LogP) is 4.47. The molecule has 1 spiro atoms. The minimum absolute atomic E-state index is 0.364. The molecule has 164 valence electrons. The predicted molar refractivity (Wildman–Crippen MR) is 130 cm³/mol. The van der Waals surface area contributed by atoms with Crippen LogP contribution in [0.5, 0.6) is 5.75 Å². The Labute approximate surface area is 195 Å². The second-order valence-corrected chi connectivity index (χ2v) is 8.97. The van der Waals surface area contributed by atoms with E-state index in [1.165, 1.54) is 0 Å². The lowest BCUT2D eigenvalue weighted by molar-refractivity contribution is 0.00834. The quantitative estimate of drug-likeness (QED) is 0.256. The Balaban J connectivity index is 1.39. The first-order chi connectivity index (χ1) is 16.1. The summed E-state index contributed by atoms with van der Waals surface area (Å²) in [5, 5.41) is 5.98. The van der Waals surface area contributed by atoms with Crippen molar-refractivity contribution >= 4 is 19.0 Å². The van der Waals surface area contributed by atoms with Crippen molar-refractivity contribution in [3.8, 4) is 29.4 Å². The summed E-state index contributed by atoms with van der Waals surface area (Å²) in [6, 6.07) is 8.28. The molecule has 2 aliphatic rings. The van der Waals surface area contributed by atoms with E-state index in [-0.39, 0.29) is 0 Å². The van der Waals surface area contributed by atoms with Crippen LogP contribution in [0.25, 0.3) is 22.3 Å². The summed E-state index contributed by atoms with van der Waals surface area (Å²) in [4.78, 5) is 10.8. The van der Waals surface area contributed by atoms with Crippen molar-refractivity contribution in [2.75, 3.05) is 13.1 Å². The van der Waals surface area contributed by atoms with Crippen LogP contribution in [0, 0.1) is 17.8 Å². The summed E-state index contributed by atoms with van der Waals surface area (Å²) in [5.41, 5.74) is 3.21. The average molecular weight is 435 g/mol. The second-order valence-electron chi connectivity index (χ2n) is 8.97. The average Bonchev–Trinajstić information content (AvgIpc) is 3.21. The fourth-order valence-electron chi connectivity index (χ4n) is 5.01. The van der Waals surface area contributed by atoms with Crippen molar-refractivity contribution in [2.24, 2.45) is 5.41 Å². The Morgan fingerprint density at radius 3 is 2.70 bits per heavy atom. The summed E-state index contributed by atoms with van der Waals surface area (Å²) in [5.74, 6) is 3.91. The van der Waals surface area contributed by atoms with Gasteiger partial charge in [-0.15, -0.1) is 6.42 Å². The Morgan fingerprint density at radius 1 is 1.24 bits per heavy atom. The third kappa shape index (κ3) is 4.19. The Bertz CT molecular complexity index is 1240. The van der Waals surface area contributed by atoms with Gasteiger partial charge >= 0.3 is 0 Å². The third-order valence-electron chi connectivity index (χ3n) is 6.90. The highest BCUT2D eigenvalue weighted by Crippen LogP contribution is 2.55. The number of hydrogen-bond donors (Lipinski definition) is 0. The number of allylic oxidation sites excluding steroid dienone is 3. The molecule has 1 aliphatic heterocycles. The molecule has 2 radical (unpaired) electrons. The van der Waals surface area contributed by atoms with E-state index in [9.17, 15) is 0 Å². The Kier molecular flexibility index (Phi) is 5.78. The van der Waals surface area contributed by atoms with E-state index in [2.05, 4.69) is 20.6 Å². The van der Waals surface area contributed by atoms with Gasteiger partial charge < -0.3 is 9.55 Å². The first kappa shape index (κ1) is 21.5. The van der Waals surface area contributed by atoms with E-state index in [1.54, 1.807) is 18.5 Å². The van der Waals surface area contributed by atoms with E-state index in [4.69, 9.17) is 24.2 Å². The molecule has 3 heterocycles. The van der Waals surface area contributed by atoms with Gasteiger partial charge in [0, 0.05) is 11.8 Å². The van der Waals surface area contributed by atoms with Gasteiger partial charge in [-0.2, -0.15) is 5.10 Å². The second kappa shape index (κ2) is 8.88. The zero-order chi connectivity index (χ0) is 22.8. The maximum absolute atomic E-state index is 5.96. The molecular weight excluding hydrogens is 409 g/mol. The Morgan fingerprint density at radius 2 is 2.00 bits per heavy atom. The highest BCUT2D eigenvalue weighted by molar-refractivity contribution is 6.04. The topological polar surface area (TPSA) is 56.1 Å². The van der Waals surface area contributed by atoms with Gasteiger partial charge in [-0.25, -0.2) is 14.6 Å². The van der Waals surface area contributed by atoms with E-state index < -0.39 is 0 Å². The van der Waals surface area contributed by atoms with Crippen molar-refractivity contribution < 1.29 is 4.74 Å². The number of terminal acetylenes is 1. The van der Waals surface area contributed by atoms with Crippen LogP contribution in [0.15, 0.2) is 60.8 Å². The minimum Gasteiger partial charge on any atom is -0.458 e. The maximum atomic E-state index is 5.96. The van der Waals surface area contributed by atoms with Crippen LogP contribution in [-0.2, 0) is 0 Å². The van der Waals surface area contributed by atoms with Gasteiger partial charge in [-0.3, -0.25) is 0 Å². The van der Waals surface area contributed by atoms with Crippen LogP contribution in [0.4, 0.5) is 0 Å². The number of hydrogen-bond acceptors (Lipinski definition) is 5.